The summed E-state index contributed by atoms with van der Waals surface area (Å²) in [6.45, 7) is 3.57. The van der Waals surface area contributed by atoms with Crippen LogP contribution in [0.1, 0.15) is 31.7 Å². The van der Waals surface area contributed by atoms with Gasteiger partial charge in [-0.1, -0.05) is 0 Å². The average Bonchev–Trinajstić information content (AvgIpc) is 2.92. The van der Waals surface area contributed by atoms with Gasteiger partial charge in [0, 0.05) is 18.7 Å². The number of aryl methyl sites for hydroxylation is 1. The molecule has 0 saturated heterocycles. The molecule has 1 aliphatic heterocycles. The number of aromatic nitrogens is 3. The number of ether oxygens (including phenoxy) is 2. The lowest BCUT2D eigenvalue weighted by Gasteiger charge is -2.21. The van der Waals surface area contributed by atoms with E-state index in [4.69, 9.17) is 15.2 Å². The van der Waals surface area contributed by atoms with Gasteiger partial charge in [0.2, 0.25) is 0 Å². The predicted octanol–water partition coefficient (Wildman–Crippen LogP) is 2.41. The topological polar surface area (TPSA) is 75.2 Å². The fourth-order valence-electron chi connectivity index (χ4n) is 2.67. The van der Waals surface area contributed by atoms with Crippen LogP contribution in [0, 0.1) is 0 Å². The van der Waals surface area contributed by atoms with Crippen molar-refractivity contribution in [2.24, 2.45) is 0 Å². The Bertz CT molecular complexity index is 639. The lowest BCUT2D eigenvalue weighted by atomic mass is 10.1. The van der Waals surface area contributed by atoms with Crippen LogP contribution in [0.5, 0.6) is 5.75 Å². The molecule has 1 aromatic heterocycles. The molecule has 0 fully saturated rings. The Hall–Kier alpha value is -2.08. The molecule has 1 aliphatic rings. The molecule has 21 heavy (non-hydrogen) atoms. The van der Waals surface area contributed by atoms with Gasteiger partial charge in [0.05, 0.1) is 12.8 Å². The Labute approximate surface area is 123 Å². The van der Waals surface area contributed by atoms with Crippen molar-refractivity contribution in [3.05, 3.63) is 24.0 Å². The SMILES string of the molecule is CCOC1CCCn2nc(-c3ccc(OC)c(N)c3)nc21. The van der Waals surface area contributed by atoms with Crippen molar-refractivity contribution < 1.29 is 9.47 Å². The molecule has 1 atom stereocenters. The van der Waals surface area contributed by atoms with E-state index in [1.165, 1.54) is 0 Å². The van der Waals surface area contributed by atoms with Crippen molar-refractivity contribution in [3.63, 3.8) is 0 Å². The summed E-state index contributed by atoms with van der Waals surface area (Å²) in [7, 11) is 1.60. The van der Waals surface area contributed by atoms with Gasteiger partial charge in [-0.25, -0.2) is 9.67 Å². The smallest absolute Gasteiger partial charge is 0.181 e. The van der Waals surface area contributed by atoms with Gasteiger partial charge in [-0.05, 0) is 38.0 Å². The molecule has 112 valence electrons. The Morgan fingerprint density at radius 1 is 1.43 bits per heavy atom. The van der Waals surface area contributed by atoms with Crippen molar-refractivity contribution in [2.75, 3.05) is 19.5 Å². The number of methoxy groups -OCH3 is 1. The van der Waals surface area contributed by atoms with E-state index in [2.05, 4.69) is 10.1 Å². The molecule has 6 heteroatoms. The first kappa shape index (κ1) is 13.9. The van der Waals surface area contributed by atoms with E-state index in [1.807, 2.05) is 29.8 Å². The maximum Gasteiger partial charge on any atom is 0.181 e. The van der Waals surface area contributed by atoms with Gasteiger partial charge in [-0.2, -0.15) is 5.10 Å². The van der Waals surface area contributed by atoms with Crippen LogP contribution < -0.4 is 10.5 Å². The second-order valence-electron chi connectivity index (χ2n) is 5.06. The first-order valence-electron chi connectivity index (χ1n) is 7.23. The Morgan fingerprint density at radius 3 is 3.00 bits per heavy atom. The monoisotopic (exact) mass is 288 g/mol. The maximum atomic E-state index is 5.95. The van der Waals surface area contributed by atoms with Crippen LogP contribution in [0.2, 0.25) is 0 Å². The van der Waals surface area contributed by atoms with E-state index in [-0.39, 0.29) is 6.10 Å². The molecular weight excluding hydrogens is 268 g/mol. The highest BCUT2D eigenvalue weighted by atomic mass is 16.5. The standard InChI is InChI=1S/C15H20N4O2/c1-3-21-13-5-4-8-19-15(13)17-14(18-19)10-6-7-12(20-2)11(16)9-10/h6-7,9,13H,3-5,8,16H2,1-2H3. The molecule has 0 saturated carbocycles. The highest BCUT2D eigenvalue weighted by molar-refractivity contribution is 5.66. The molecule has 0 spiro atoms. The van der Waals surface area contributed by atoms with Gasteiger partial charge in [0.15, 0.2) is 11.6 Å². The number of rotatable bonds is 4. The molecule has 0 radical (unpaired) electrons. The molecule has 0 aliphatic carbocycles. The molecule has 0 amide bonds. The zero-order chi connectivity index (χ0) is 14.8. The van der Waals surface area contributed by atoms with Crippen LogP contribution in [0.15, 0.2) is 18.2 Å². The number of nitrogen functional groups attached to an aromatic ring is 1. The number of hydrogen-bond donors (Lipinski definition) is 1. The van der Waals surface area contributed by atoms with Crippen molar-refractivity contribution in [1.29, 1.82) is 0 Å². The van der Waals surface area contributed by atoms with Crippen LogP contribution in [-0.4, -0.2) is 28.5 Å². The minimum Gasteiger partial charge on any atom is -0.495 e. The van der Waals surface area contributed by atoms with E-state index < -0.39 is 0 Å². The molecule has 1 unspecified atom stereocenters. The van der Waals surface area contributed by atoms with Crippen LogP contribution >= 0.6 is 0 Å². The van der Waals surface area contributed by atoms with Gasteiger partial charge in [0.1, 0.15) is 11.9 Å². The summed E-state index contributed by atoms with van der Waals surface area (Å²) in [5, 5.41) is 4.58. The maximum absolute atomic E-state index is 5.95. The van der Waals surface area contributed by atoms with E-state index >= 15 is 0 Å². The van der Waals surface area contributed by atoms with Crippen LogP contribution in [0.3, 0.4) is 0 Å². The van der Waals surface area contributed by atoms with Gasteiger partial charge in [0.25, 0.3) is 0 Å². The summed E-state index contributed by atoms with van der Waals surface area (Å²) in [6, 6.07) is 5.60. The number of hydrogen-bond acceptors (Lipinski definition) is 5. The quantitative estimate of drug-likeness (QED) is 0.874. The normalized spacial score (nSPS) is 17.5. The van der Waals surface area contributed by atoms with Gasteiger partial charge < -0.3 is 15.2 Å². The third kappa shape index (κ3) is 2.58. The van der Waals surface area contributed by atoms with Crippen LogP contribution in [0.25, 0.3) is 11.4 Å². The minimum atomic E-state index is 0.0422. The lowest BCUT2D eigenvalue weighted by molar-refractivity contribution is 0.0350. The van der Waals surface area contributed by atoms with Crippen molar-refractivity contribution in [3.8, 4) is 17.1 Å². The highest BCUT2D eigenvalue weighted by Crippen LogP contribution is 2.31. The number of anilines is 1. The molecule has 6 nitrogen and oxygen atoms in total. The molecule has 2 heterocycles. The third-order valence-electron chi connectivity index (χ3n) is 3.68. The Kier molecular flexibility index (Phi) is 3.79. The van der Waals surface area contributed by atoms with E-state index in [0.717, 1.165) is 30.8 Å². The largest absolute Gasteiger partial charge is 0.495 e. The van der Waals surface area contributed by atoms with Crippen molar-refractivity contribution in [2.45, 2.75) is 32.4 Å². The van der Waals surface area contributed by atoms with Gasteiger partial charge in [-0.3, -0.25) is 0 Å². The Morgan fingerprint density at radius 2 is 2.29 bits per heavy atom. The first-order valence-corrected chi connectivity index (χ1v) is 7.23. The van der Waals surface area contributed by atoms with Crippen molar-refractivity contribution in [1.82, 2.24) is 14.8 Å². The molecule has 2 N–H and O–H groups in total. The number of nitrogens with zero attached hydrogens (tertiary/aromatic N) is 3. The summed E-state index contributed by atoms with van der Waals surface area (Å²) in [5.74, 6) is 2.26. The number of nitrogens with two attached hydrogens (primary N) is 1. The molecule has 3 rings (SSSR count). The molecular formula is C15H20N4O2. The molecule has 2 aromatic rings. The zero-order valence-corrected chi connectivity index (χ0v) is 12.4. The highest BCUT2D eigenvalue weighted by Gasteiger charge is 2.25. The second kappa shape index (κ2) is 5.73. The minimum absolute atomic E-state index is 0.0422. The second-order valence-corrected chi connectivity index (χ2v) is 5.06. The van der Waals surface area contributed by atoms with E-state index in [9.17, 15) is 0 Å². The lowest BCUT2D eigenvalue weighted by Crippen LogP contribution is -2.19. The summed E-state index contributed by atoms with van der Waals surface area (Å²) in [5.41, 5.74) is 7.44. The number of benzene rings is 1. The van der Waals surface area contributed by atoms with Crippen molar-refractivity contribution >= 4 is 5.69 Å². The van der Waals surface area contributed by atoms with Crippen LogP contribution in [0.4, 0.5) is 5.69 Å². The summed E-state index contributed by atoms with van der Waals surface area (Å²) in [6.07, 6.45) is 2.10. The summed E-state index contributed by atoms with van der Waals surface area (Å²) < 4.78 is 12.9. The fourth-order valence-corrected chi connectivity index (χ4v) is 2.67. The third-order valence-corrected chi connectivity index (χ3v) is 3.68. The fraction of sp³-hybridized carbons (Fsp3) is 0.467. The van der Waals surface area contributed by atoms with Gasteiger partial charge >= 0.3 is 0 Å². The average molecular weight is 288 g/mol. The number of fused-ring (bicyclic) bond motifs is 1. The molecule has 0 bridgehead atoms. The van der Waals surface area contributed by atoms with Crippen LogP contribution in [-0.2, 0) is 11.3 Å². The first-order chi connectivity index (χ1) is 10.2. The predicted molar refractivity (Wildman–Crippen MR) is 80.0 cm³/mol. The molecule has 1 aromatic carbocycles. The van der Waals surface area contributed by atoms with E-state index in [0.29, 0.717) is 23.9 Å². The summed E-state index contributed by atoms with van der Waals surface area (Å²) in [4.78, 5) is 4.65. The Balaban J connectivity index is 1.95. The summed E-state index contributed by atoms with van der Waals surface area (Å²) >= 11 is 0. The van der Waals surface area contributed by atoms with E-state index in [1.54, 1.807) is 7.11 Å². The zero-order valence-electron chi connectivity index (χ0n) is 12.4. The van der Waals surface area contributed by atoms with Gasteiger partial charge in [-0.15, -0.1) is 0 Å².